The predicted molar refractivity (Wildman–Crippen MR) is 73.3 cm³/mol. The van der Waals surface area contributed by atoms with Crippen LogP contribution >= 0.6 is 0 Å². The molecule has 0 radical (unpaired) electrons. The van der Waals surface area contributed by atoms with Crippen LogP contribution in [0.25, 0.3) is 0 Å². The summed E-state index contributed by atoms with van der Waals surface area (Å²) in [4.78, 5) is 0. The van der Waals surface area contributed by atoms with Gasteiger partial charge in [0.1, 0.15) is 5.75 Å². The molecule has 16 heavy (non-hydrogen) atoms. The van der Waals surface area contributed by atoms with Gasteiger partial charge in [0.2, 0.25) is 0 Å². The summed E-state index contributed by atoms with van der Waals surface area (Å²) in [6.45, 7) is 4.57. The van der Waals surface area contributed by atoms with E-state index in [1.54, 1.807) is 33.4 Å². The van der Waals surface area contributed by atoms with E-state index >= 15 is 0 Å². The quantitative estimate of drug-likeness (QED) is 0.565. The fourth-order valence-corrected chi connectivity index (χ4v) is 3.52. The van der Waals surface area contributed by atoms with E-state index in [0.29, 0.717) is 26.1 Å². The first-order valence-electron chi connectivity index (χ1n) is 6.55. The van der Waals surface area contributed by atoms with E-state index < -0.39 is 0 Å². The van der Waals surface area contributed by atoms with Crippen molar-refractivity contribution >= 4 is 20.4 Å². The Morgan fingerprint density at radius 2 is 1.44 bits per heavy atom. The van der Waals surface area contributed by atoms with E-state index in [1.165, 1.54) is 25.7 Å². The average molecular weight is 233 g/mol. The van der Waals surface area contributed by atoms with Gasteiger partial charge in [0.25, 0.3) is 0 Å². The molecule has 0 spiro atoms. The average Bonchev–Trinajstić information content (AvgIpc) is 2.31. The molecule has 0 unspecified atom stereocenters. The zero-order valence-corrected chi connectivity index (χ0v) is 12.2. The molecule has 0 aliphatic rings. The van der Waals surface area contributed by atoms with Gasteiger partial charge in [0, 0.05) is 0 Å². The lowest BCUT2D eigenvalue weighted by molar-refractivity contribution is 0.475. The minimum Gasteiger partial charge on any atom is -0.508 e. The van der Waals surface area contributed by atoms with Crippen molar-refractivity contribution in [1.29, 1.82) is 0 Å². The van der Waals surface area contributed by atoms with Crippen LogP contribution in [-0.2, 0) is 0 Å². The molecule has 0 aromatic heterocycles. The second-order valence-electron chi connectivity index (χ2n) is 4.10. The number of aromatic hydroxyl groups is 1. The van der Waals surface area contributed by atoms with E-state index in [-0.39, 0.29) is 0 Å². The Labute approximate surface area is 110 Å². The molecule has 1 aromatic rings. The zero-order valence-electron chi connectivity index (χ0n) is 10.8. The van der Waals surface area contributed by atoms with Crippen molar-refractivity contribution in [2.75, 3.05) is 0 Å². The fourth-order valence-electron chi connectivity index (χ4n) is 1.46. The van der Waals surface area contributed by atoms with Crippen LogP contribution in [0.4, 0.5) is 0 Å². The van der Waals surface area contributed by atoms with Crippen LogP contribution in [0.15, 0.2) is 30.3 Å². The van der Waals surface area contributed by atoms with Gasteiger partial charge in [-0.25, -0.2) is 0 Å². The highest BCUT2D eigenvalue weighted by Crippen LogP contribution is 2.02. The van der Waals surface area contributed by atoms with E-state index in [2.05, 4.69) is 13.8 Å². The minimum absolute atomic E-state index is 0.322. The standard InChI is InChI=1S/C6H6O.2C4H9.Mg/c7-6-4-2-1-3-5-6;2*1-3-4-2;/h1-5,7H;2*1,3-4H2,2H3;. The first kappa shape index (κ1) is 15.8. The zero-order chi connectivity index (χ0) is 12.1. The number of unbranched alkanes of at least 4 members (excludes halogenated alkanes) is 2. The number of rotatable bonds is 6. The van der Waals surface area contributed by atoms with Crippen molar-refractivity contribution in [3.63, 3.8) is 0 Å². The van der Waals surface area contributed by atoms with Crippen LogP contribution in [0.2, 0.25) is 9.10 Å². The number of phenols is 1. The second kappa shape index (κ2) is 12.9. The van der Waals surface area contributed by atoms with E-state index in [1.807, 2.05) is 6.07 Å². The summed E-state index contributed by atoms with van der Waals surface area (Å²) in [5.74, 6) is 0.322. The third kappa shape index (κ3) is 11.9. The highest BCUT2D eigenvalue weighted by Gasteiger charge is 1.92. The molecule has 88 valence electrons. The van der Waals surface area contributed by atoms with Crippen LogP contribution in [0, 0.1) is 0 Å². The second-order valence-corrected chi connectivity index (χ2v) is 6.22. The van der Waals surface area contributed by atoms with Gasteiger partial charge in [-0.05, 0) is 12.1 Å². The van der Waals surface area contributed by atoms with Crippen molar-refractivity contribution in [2.24, 2.45) is 0 Å². The van der Waals surface area contributed by atoms with Crippen LogP contribution < -0.4 is 0 Å². The van der Waals surface area contributed by atoms with Crippen molar-refractivity contribution in [1.82, 2.24) is 0 Å². The van der Waals surface area contributed by atoms with Gasteiger partial charge in [-0.1, -0.05) is 57.7 Å². The number of hydrogen-bond donors (Lipinski definition) is 1. The molecular formula is C14H24MgO. The Morgan fingerprint density at radius 1 is 0.938 bits per heavy atom. The lowest BCUT2D eigenvalue weighted by Gasteiger charge is -1.93. The number of benzene rings is 1. The molecule has 0 saturated heterocycles. The lowest BCUT2D eigenvalue weighted by atomic mass is 10.3. The largest absolute Gasteiger partial charge is 0.508 e. The maximum absolute atomic E-state index is 8.63. The van der Waals surface area contributed by atoms with Gasteiger partial charge in [0.15, 0.2) is 0 Å². The molecule has 1 rings (SSSR count). The first-order valence-corrected chi connectivity index (χ1v) is 8.55. The molecule has 0 amide bonds. The van der Waals surface area contributed by atoms with Gasteiger partial charge in [-0.3, -0.25) is 0 Å². The van der Waals surface area contributed by atoms with Crippen LogP contribution in [-0.4, -0.2) is 25.5 Å². The van der Waals surface area contributed by atoms with Crippen molar-refractivity contribution < 1.29 is 5.11 Å². The monoisotopic (exact) mass is 232 g/mol. The highest BCUT2D eigenvalue weighted by molar-refractivity contribution is 6.35. The normalized spacial score (nSPS) is 8.88. The summed E-state index contributed by atoms with van der Waals surface area (Å²) in [5, 5.41) is 8.63. The number of hydrogen-bond acceptors (Lipinski definition) is 1. The maximum Gasteiger partial charge on any atom is 0.364 e. The molecule has 2 heteroatoms. The molecule has 0 fully saturated rings. The van der Waals surface area contributed by atoms with Crippen LogP contribution in [0.1, 0.15) is 39.5 Å². The van der Waals surface area contributed by atoms with Gasteiger partial charge < -0.3 is 5.11 Å². The van der Waals surface area contributed by atoms with Crippen molar-refractivity contribution in [3.05, 3.63) is 30.3 Å². The Kier molecular flexibility index (Phi) is 12.7. The molecule has 0 aliphatic carbocycles. The summed E-state index contributed by atoms with van der Waals surface area (Å²) < 4.78 is 3.19. The third-order valence-corrected chi connectivity index (χ3v) is 4.46. The molecule has 0 saturated carbocycles. The molecule has 0 aliphatic heterocycles. The summed E-state index contributed by atoms with van der Waals surface area (Å²) in [6, 6.07) is 8.71. The SMILES string of the molecule is CCC[CH2][Mg][CH2]CCC.Oc1ccccc1. The van der Waals surface area contributed by atoms with Gasteiger partial charge in [-0.2, -0.15) is 0 Å². The summed E-state index contributed by atoms with van der Waals surface area (Å²) in [5.41, 5.74) is 0. The molecule has 0 atom stereocenters. The van der Waals surface area contributed by atoms with Crippen molar-refractivity contribution in [3.8, 4) is 5.75 Å². The number of para-hydroxylation sites is 1. The van der Waals surface area contributed by atoms with Crippen LogP contribution in [0.5, 0.6) is 5.75 Å². The predicted octanol–water partition coefficient (Wildman–Crippen LogP) is 4.52. The first-order chi connectivity index (χ1) is 7.81. The third-order valence-electron chi connectivity index (χ3n) is 2.46. The summed E-state index contributed by atoms with van der Waals surface area (Å²) in [7, 11) is 0. The Hall–Kier alpha value is -0.214. The fraction of sp³-hybridized carbons (Fsp3) is 0.571. The molecule has 1 nitrogen and oxygen atoms in total. The summed E-state index contributed by atoms with van der Waals surface area (Å²) in [6.07, 6.45) is 5.80. The topological polar surface area (TPSA) is 20.2 Å². The van der Waals surface area contributed by atoms with Crippen LogP contribution in [0.3, 0.4) is 0 Å². The van der Waals surface area contributed by atoms with Gasteiger partial charge in [0.05, 0.1) is 0 Å². The molecule has 1 aromatic carbocycles. The molecular weight excluding hydrogens is 208 g/mol. The lowest BCUT2D eigenvalue weighted by Crippen LogP contribution is -1.87. The minimum atomic E-state index is 0.322. The Bertz CT molecular complexity index is 217. The molecule has 0 bridgehead atoms. The maximum atomic E-state index is 8.63. The highest BCUT2D eigenvalue weighted by atomic mass is 24.5. The molecule has 1 N–H and O–H groups in total. The Balaban J connectivity index is 0.000000288. The Morgan fingerprint density at radius 3 is 1.75 bits per heavy atom. The van der Waals surface area contributed by atoms with E-state index in [9.17, 15) is 0 Å². The van der Waals surface area contributed by atoms with Gasteiger partial charge in [-0.15, -0.1) is 9.10 Å². The van der Waals surface area contributed by atoms with E-state index in [0.717, 1.165) is 0 Å². The smallest absolute Gasteiger partial charge is 0.364 e. The van der Waals surface area contributed by atoms with E-state index in [4.69, 9.17) is 5.11 Å². The molecule has 0 heterocycles. The number of phenolic OH excluding ortho intramolecular Hbond substituents is 1. The summed E-state index contributed by atoms with van der Waals surface area (Å²) >= 11 is 0.389. The van der Waals surface area contributed by atoms with Gasteiger partial charge >= 0.3 is 20.4 Å². The van der Waals surface area contributed by atoms with Crippen molar-refractivity contribution in [2.45, 2.75) is 48.6 Å².